The van der Waals surface area contributed by atoms with Gasteiger partial charge in [0.05, 0.1) is 0 Å². The van der Waals surface area contributed by atoms with E-state index in [0.29, 0.717) is 5.69 Å². The zero-order chi connectivity index (χ0) is 26.2. The molecule has 0 aliphatic rings. The number of para-hydroxylation sites is 2. The third kappa shape index (κ3) is 7.78. The molecule has 3 amide bonds. The third-order valence-corrected chi connectivity index (χ3v) is 5.34. The number of benzene rings is 2. The Labute approximate surface area is 211 Å². The summed E-state index contributed by atoms with van der Waals surface area (Å²) < 4.78 is 5.27. The molecule has 0 aliphatic carbocycles. The highest BCUT2D eigenvalue weighted by Gasteiger charge is 2.36. The van der Waals surface area contributed by atoms with Gasteiger partial charge < -0.3 is 25.4 Å². The van der Waals surface area contributed by atoms with E-state index >= 15 is 0 Å². The number of anilines is 1. The number of rotatable bonds is 9. The molecule has 3 N–H and O–H groups in total. The Bertz CT molecular complexity index is 1070. The molecular formula is C26H33N3O5S. The third-order valence-electron chi connectivity index (χ3n) is 4.97. The molecule has 2 aromatic carbocycles. The normalized spacial score (nSPS) is 12.7. The largest absolute Gasteiger partial charge is 0.508 e. The van der Waals surface area contributed by atoms with Crippen molar-refractivity contribution in [2.45, 2.75) is 45.4 Å². The fourth-order valence-corrected chi connectivity index (χ4v) is 3.63. The number of ether oxygens (including phenoxy) is 1. The number of nitrogens with zero attached hydrogens (tertiary/aromatic N) is 1. The molecule has 0 aliphatic heterocycles. The first-order valence-electron chi connectivity index (χ1n) is 11.1. The van der Waals surface area contributed by atoms with Crippen LogP contribution in [0.1, 0.15) is 37.9 Å². The first kappa shape index (κ1) is 27.8. The Morgan fingerprint density at radius 1 is 1.14 bits per heavy atom. The average molecular weight is 500 g/mol. The first-order valence-corrected chi connectivity index (χ1v) is 11.8. The highest BCUT2D eigenvalue weighted by atomic mass is 32.1. The molecule has 9 heteroatoms. The molecule has 0 heterocycles. The molecule has 0 aromatic heterocycles. The van der Waals surface area contributed by atoms with Gasteiger partial charge in [-0.25, -0.2) is 4.79 Å². The maximum absolute atomic E-state index is 13.6. The Morgan fingerprint density at radius 2 is 1.77 bits per heavy atom. The predicted octanol–water partition coefficient (Wildman–Crippen LogP) is 4.22. The van der Waals surface area contributed by atoms with Crippen molar-refractivity contribution in [2.75, 3.05) is 17.6 Å². The molecule has 0 bridgehead atoms. The summed E-state index contributed by atoms with van der Waals surface area (Å²) in [7, 11) is 0. The van der Waals surface area contributed by atoms with Crippen LogP contribution in [0.3, 0.4) is 0 Å². The molecule has 0 spiro atoms. The van der Waals surface area contributed by atoms with Crippen LogP contribution >= 0.6 is 12.6 Å². The van der Waals surface area contributed by atoms with E-state index in [-0.39, 0.29) is 23.6 Å². The zero-order valence-corrected chi connectivity index (χ0v) is 21.3. The molecule has 2 aromatic rings. The zero-order valence-electron chi connectivity index (χ0n) is 20.4. The highest BCUT2D eigenvalue weighted by molar-refractivity contribution is 7.80. The molecule has 0 saturated carbocycles. The van der Waals surface area contributed by atoms with Crippen LogP contribution in [0.25, 0.3) is 0 Å². The fraction of sp³-hybridized carbons (Fsp3) is 0.346. The molecule has 0 saturated heterocycles. The maximum atomic E-state index is 13.6. The summed E-state index contributed by atoms with van der Waals surface area (Å²) in [4.78, 5) is 40.8. The maximum Gasteiger partial charge on any atom is 0.408 e. The van der Waals surface area contributed by atoms with Crippen molar-refractivity contribution in [3.63, 3.8) is 0 Å². The van der Waals surface area contributed by atoms with E-state index in [1.54, 1.807) is 51.1 Å². The van der Waals surface area contributed by atoms with Gasteiger partial charge in [-0.2, -0.15) is 12.6 Å². The van der Waals surface area contributed by atoms with E-state index in [4.69, 9.17) is 4.74 Å². The van der Waals surface area contributed by atoms with Crippen LogP contribution in [-0.4, -0.2) is 51.9 Å². The van der Waals surface area contributed by atoms with Gasteiger partial charge in [-0.15, -0.1) is 6.58 Å². The molecule has 35 heavy (non-hydrogen) atoms. The number of phenolic OH excluding ortho intramolecular Hbond substituents is 1. The lowest BCUT2D eigenvalue weighted by molar-refractivity contribution is -0.139. The van der Waals surface area contributed by atoms with Crippen LogP contribution in [-0.2, 0) is 14.3 Å². The summed E-state index contributed by atoms with van der Waals surface area (Å²) in [5.41, 5.74) is 0.866. The minimum absolute atomic E-state index is 0.0285. The molecular weight excluding hydrogens is 466 g/mol. The smallest absolute Gasteiger partial charge is 0.408 e. The van der Waals surface area contributed by atoms with Crippen molar-refractivity contribution in [2.24, 2.45) is 0 Å². The SMILES string of the molecule is C=CCN(C(=O)C(CS)NC(=O)OC(C)(C)C)C(C(=O)Nc1ccccc1C)c1ccccc1O. The molecule has 0 radical (unpaired) electrons. The van der Waals surface area contributed by atoms with Crippen molar-refractivity contribution in [1.29, 1.82) is 0 Å². The monoisotopic (exact) mass is 499 g/mol. The number of hydrogen-bond donors (Lipinski definition) is 4. The van der Waals surface area contributed by atoms with E-state index in [9.17, 15) is 19.5 Å². The lowest BCUT2D eigenvalue weighted by atomic mass is 10.0. The fourth-order valence-electron chi connectivity index (χ4n) is 3.38. The Hall–Kier alpha value is -3.46. The van der Waals surface area contributed by atoms with Crippen LogP contribution < -0.4 is 10.6 Å². The number of phenols is 1. The second kappa shape index (κ2) is 12.3. The second-order valence-electron chi connectivity index (χ2n) is 8.93. The van der Waals surface area contributed by atoms with Gasteiger partial charge in [-0.3, -0.25) is 9.59 Å². The predicted molar refractivity (Wildman–Crippen MR) is 140 cm³/mol. The minimum atomic E-state index is -1.22. The molecule has 8 nitrogen and oxygen atoms in total. The number of carbonyl (C=O) groups excluding carboxylic acids is 3. The molecule has 2 rings (SSSR count). The van der Waals surface area contributed by atoms with Gasteiger partial charge in [0.1, 0.15) is 23.4 Å². The number of amides is 3. The van der Waals surface area contributed by atoms with Gasteiger partial charge in [0.25, 0.3) is 5.91 Å². The van der Waals surface area contributed by atoms with Gasteiger partial charge in [0.15, 0.2) is 0 Å². The van der Waals surface area contributed by atoms with Crippen molar-refractivity contribution in [1.82, 2.24) is 10.2 Å². The standard InChI is InChI=1S/C26H33N3O5S/c1-6-15-29(24(32)20(16-35)28-25(33)34-26(3,4)5)22(18-12-8-10-14-21(18)30)23(31)27-19-13-9-7-11-17(19)2/h6-14,20,22,30,35H,1,15-16H2,2-5H3,(H,27,31)(H,28,33). The Morgan fingerprint density at radius 3 is 2.34 bits per heavy atom. The van der Waals surface area contributed by atoms with Crippen LogP contribution in [0.15, 0.2) is 61.2 Å². The Kier molecular flexibility index (Phi) is 9.77. The highest BCUT2D eigenvalue weighted by Crippen LogP contribution is 2.31. The quantitative estimate of drug-likeness (QED) is 0.305. The summed E-state index contributed by atoms with van der Waals surface area (Å²) in [6.07, 6.45) is 0.682. The summed E-state index contributed by atoms with van der Waals surface area (Å²) in [6, 6.07) is 11.2. The molecule has 2 atom stereocenters. The van der Waals surface area contributed by atoms with Crippen LogP contribution in [0.4, 0.5) is 10.5 Å². The van der Waals surface area contributed by atoms with Crippen molar-refractivity contribution in [3.05, 3.63) is 72.3 Å². The summed E-state index contributed by atoms with van der Waals surface area (Å²) in [5, 5.41) is 15.9. The molecule has 0 fully saturated rings. The summed E-state index contributed by atoms with van der Waals surface area (Å²) in [5.74, 6) is -1.31. The van der Waals surface area contributed by atoms with E-state index < -0.39 is 35.6 Å². The lowest BCUT2D eigenvalue weighted by Gasteiger charge is -2.33. The van der Waals surface area contributed by atoms with Crippen molar-refractivity contribution >= 4 is 36.2 Å². The van der Waals surface area contributed by atoms with Crippen LogP contribution in [0.5, 0.6) is 5.75 Å². The van der Waals surface area contributed by atoms with E-state index in [0.717, 1.165) is 5.56 Å². The summed E-state index contributed by atoms with van der Waals surface area (Å²) >= 11 is 4.23. The van der Waals surface area contributed by atoms with E-state index in [2.05, 4.69) is 29.8 Å². The number of aryl methyl sites for hydroxylation is 1. The number of thiol groups is 1. The number of nitrogens with one attached hydrogen (secondary N) is 2. The molecule has 2 unspecified atom stereocenters. The minimum Gasteiger partial charge on any atom is -0.508 e. The number of alkyl carbamates (subject to hydrolysis) is 1. The van der Waals surface area contributed by atoms with Crippen LogP contribution in [0.2, 0.25) is 0 Å². The first-order chi connectivity index (χ1) is 16.5. The van der Waals surface area contributed by atoms with Crippen molar-refractivity contribution in [3.8, 4) is 5.75 Å². The number of hydrogen-bond acceptors (Lipinski definition) is 6. The van der Waals surface area contributed by atoms with Gasteiger partial charge in [-0.1, -0.05) is 42.5 Å². The topological polar surface area (TPSA) is 108 Å². The van der Waals surface area contributed by atoms with Gasteiger partial charge in [-0.05, 0) is 45.4 Å². The van der Waals surface area contributed by atoms with Gasteiger partial charge >= 0.3 is 6.09 Å². The van der Waals surface area contributed by atoms with E-state index in [1.807, 2.05) is 19.1 Å². The van der Waals surface area contributed by atoms with Gasteiger partial charge in [0, 0.05) is 23.5 Å². The lowest BCUT2D eigenvalue weighted by Crippen LogP contribution is -2.53. The molecule has 188 valence electrons. The van der Waals surface area contributed by atoms with Gasteiger partial charge in [0.2, 0.25) is 5.91 Å². The van der Waals surface area contributed by atoms with Crippen LogP contribution in [0, 0.1) is 6.92 Å². The Balaban J connectivity index is 2.46. The second-order valence-corrected chi connectivity index (χ2v) is 9.29. The average Bonchev–Trinajstić information content (AvgIpc) is 2.78. The number of carbonyl (C=O) groups is 3. The van der Waals surface area contributed by atoms with Crippen molar-refractivity contribution < 1.29 is 24.2 Å². The van der Waals surface area contributed by atoms with E-state index in [1.165, 1.54) is 17.0 Å². The summed E-state index contributed by atoms with van der Waals surface area (Å²) in [6.45, 7) is 10.7. The number of aromatic hydroxyl groups is 1.